The van der Waals surface area contributed by atoms with E-state index >= 15 is 0 Å². The maximum Gasteiger partial charge on any atom is 0.242 e. The summed E-state index contributed by atoms with van der Waals surface area (Å²) >= 11 is 3.04. The van der Waals surface area contributed by atoms with Gasteiger partial charge in [-0.3, -0.25) is 9.69 Å². The third-order valence-corrected chi connectivity index (χ3v) is 5.76. The largest absolute Gasteiger partial charge is 0.497 e. The van der Waals surface area contributed by atoms with Gasteiger partial charge in [0.15, 0.2) is 5.17 Å². The molecule has 1 aromatic carbocycles. The van der Waals surface area contributed by atoms with Crippen LogP contribution in [0, 0.1) is 0 Å². The Labute approximate surface area is 161 Å². The van der Waals surface area contributed by atoms with Crippen LogP contribution in [0.2, 0.25) is 0 Å². The average Bonchev–Trinajstić information content (AvgIpc) is 3.27. The Morgan fingerprint density at radius 1 is 1.31 bits per heavy atom. The van der Waals surface area contributed by atoms with Crippen molar-refractivity contribution in [2.45, 2.75) is 11.7 Å². The first-order valence-electron chi connectivity index (χ1n) is 8.07. The maximum atomic E-state index is 12.7. The first-order chi connectivity index (χ1) is 12.7. The van der Waals surface area contributed by atoms with Crippen LogP contribution in [-0.2, 0) is 11.2 Å². The Morgan fingerprint density at radius 3 is 2.77 bits per heavy atom. The maximum absolute atomic E-state index is 12.7. The van der Waals surface area contributed by atoms with Crippen molar-refractivity contribution in [3.63, 3.8) is 0 Å². The molecule has 0 unspecified atom stereocenters. The third kappa shape index (κ3) is 4.42. The summed E-state index contributed by atoms with van der Waals surface area (Å²) in [5, 5.41) is 10.8. The van der Waals surface area contributed by atoms with E-state index in [4.69, 9.17) is 4.74 Å². The number of hydrogen-bond donors (Lipinski definition) is 0. The van der Waals surface area contributed by atoms with Crippen molar-refractivity contribution in [1.82, 2.24) is 4.90 Å². The summed E-state index contributed by atoms with van der Waals surface area (Å²) in [5.41, 5.74) is 1.08. The van der Waals surface area contributed by atoms with Gasteiger partial charge in [0.05, 0.1) is 18.6 Å². The minimum atomic E-state index is -0.209. The van der Waals surface area contributed by atoms with Crippen molar-refractivity contribution in [1.29, 1.82) is 0 Å². The Bertz CT molecular complexity index is 814. The summed E-state index contributed by atoms with van der Waals surface area (Å²) in [6, 6.07) is 11.7. The summed E-state index contributed by atoms with van der Waals surface area (Å²) in [7, 11) is 1.64. The Kier molecular flexibility index (Phi) is 6.25. The van der Waals surface area contributed by atoms with E-state index < -0.39 is 0 Å². The lowest BCUT2D eigenvalue weighted by Gasteiger charge is -2.12. The molecular weight excluding hydrogens is 366 g/mol. The molecular formula is C19H19N3O2S2. The van der Waals surface area contributed by atoms with Crippen molar-refractivity contribution in [3.8, 4) is 5.75 Å². The van der Waals surface area contributed by atoms with Crippen LogP contribution in [0.3, 0.4) is 0 Å². The van der Waals surface area contributed by atoms with Crippen molar-refractivity contribution >= 4 is 40.4 Å². The molecule has 0 saturated carbocycles. The zero-order chi connectivity index (χ0) is 18.4. The van der Waals surface area contributed by atoms with E-state index in [1.54, 1.807) is 35.6 Å². The fourth-order valence-corrected chi connectivity index (χ4v) is 4.21. The van der Waals surface area contributed by atoms with Gasteiger partial charge in [-0.1, -0.05) is 36.0 Å². The minimum absolute atomic E-state index is 0.0378. The summed E-state index contributed by atoms with van der Waals surface area (Å²) in [6.45, 7) is 4.16. The molecule has 1 amide bonds. The van der Waals surface area contributed by atoms with E-state index in [-0.39, 0.29) is 11.2 Å². The fourth-order valence-electron chi connectivity index (χ4n) is 2.49. The van der Waals surface area contributed by atoms with Gasteiger partial charge in [-0.2, -0.15) is 5.10 Å². The van der Waals surface area contributed by atoms with Crippen molar-refractivity contribution in [2.75, 3.05) is 13.7 Å². The van der Waals surface area contributed by atoms with Crippen LogP contribution in [0.5, 0.6) is 5.75 Å². The molecule has 1 saturated heterocycles. The highest BCUT2D eigenvalue weighted by atomic mass is 32.2. The van der Waals surface area contributed by atoms with Crippen molar-refractivity contribution < 1.29 is 9.53 Å². The Morgan fingerprint density at radius 2 is 2.12 bits per heavy atom. The van der Waals surface area contributed by atoms with Gasteiger partial charge < -0.3 is 4.74 Å². The second kappa shape index (κ2) is 8.82. The zero-order valence-corrected chi connectivity index (χ0v) is 16.0. The SMILES string of the molecule is C=CCN1C(=O)[C@@H](Cc2ccc(OC)cc2)S/C1=N/N=C\c1cccs1. The molecule has 26 heavy (non-hydrogen) atoms. The lowest BCUT2D eigenvalue weighted by Crippen LogP contribution is -2.32. The van der Waals surface area contributed by atoms with Crippen LogP contribution in [0.15, 0.2) is 64.6 Å². The van der Waals surface area contributed by atoms with Crippen molar-refractivity contribution in [3.05, 3.63) is 64.9 Å². The van der Waals surface area contributed by atoms with E-state index in [2.05, 4.69) is 16.8 Å². The van der Waals surface area contributed by atoms with Crippen molar-refractivity contribution in [2.24, 2.45) is 10.2 Å². The monoisotopic (exact) mass is 385 g/mol. The summed E-state index contributed by atoms with van der Waals surface area (Å²) in [6.07, 6.45) is 4.03. The standard InChI is InChI=1S/C19H19N3O2S2/c1-3-10-22-18(23)17(12-14-6-8-15(24-2)9-7-14)26-19(22)21-20-13-16-5-4-11-25-16/h3-9,11,13,17H,1,10,12H2,2H3/b20-13-,21-19+/t17-/m1/s1. The number of thioether (sulfide) groups is 1. The highest BCUT2D eigenvalue weighted by Crippen LogP contribution is 2.30. The molecule has 7 heteroatoms. The Balaban J connectivity index is 1.73. The van der Waals surface area contributed by atoms with Gasteiger partial charge in [-0.05, 0) is 35.6 Å². The van der Waals surface area contributed by atoms with Crippen LogP contribution in [0.4, 0.5) is 0 Å². The molecule has 0 N–H and O–H groups in total. The number of carbonyl (C=O) groups is 1. The van der Waals surface area contributed by atoms with Crippen LogP contribution >= 0.6 is 23.1 Å². The molecule has 3 rings (SSSR count). The van der Waals surface area contributed by atoms with Gasteiger partial charge in [0.2, 0.25) is 5.91 Å². The molecule has 0 aliphatic carbocycles. The number of thiophene rings is 1. The number of amides is 1. The molecule has 0 radical (unpaired) electrons. The molecule has 0 bridgehead atoms. The topological polar surface area (TPSA) is 54.3 Å². The summed E-state index contributed by atoms with van der Waals surface area (Å²) < 4.78 is 5.18. The van der Waals surface area contributed by atoms with Gasteiger partial charge in [0, 0.05) is 11.4 Å². The van der Waals surface area contributed by atoms with Crippen LogP contribution in [0.25, 0.3) is 0 Å². The molecule has 2 heterocycles. The first-order valence-corrected chi connectivity index (χ1v) is 9.83. The molecule has 1 aliphatic heterocycles. The number of carbonyl (C=O) groups excluding carboxylic acids is 1. The zero-order valence-electron chi connectivity index (χ0n) is 14.4. The van der Waals surface area contributed by atoms with E-state index in [1.165, 1.54) is 11.8 Å². The van der Waals surface area contributed by atoms with Crippen LogP contribution in [0.1, 0.15) is 10.4 Å². The van der Waals surface area contributed by atoms with E-state index in [0.717, 1.165) is 16.2 Å². The minimum Gasteiger partial charge on any atom is -0.497 e. The highest BCUT2D eigenvalue weighted by molar-refractivity contribution is 8.15. The lowest BCUT2D eigenvalue weighted by atomic mass is 10.1. The molecule has 5 nitrogen and oxygen atoms in total. The second-order valence-electron chi connectivity index (χ2n) is 5.54. The number of benzene rings is 1. The normalized spacial score (nSPS) is 18.8. The number of nitrogens with zero attached hydrogens (tertiary/aromatic N) is 3. The number of ether oxygens (including phenoxy) is 1. The van der Waals surface area contributed by atoms with Gasteiger partial charge in [-0.15, -0.1) is 23.0 Å². The number of hydrogen-bond acceptors (Lipinski definition) is 6. The number of methoxy groups -OCH3 is 1. The molecule has 134 valence electrons. The number of amidine groups is 1. The molecule has 1 fully saturated rings. The van der Waals surface area contributed by atoms with Gasteiger partial charge >= 0.3 is 0 Å². The van der Waals surface area contributed by atoms with Crippen LogP contribution < -0.4 is 4.74 Å². The second-order valence-corrected chi connectivity index (χ2v) is 7.69. The Hall–Kier alpha value is -2.38. The van der Waals surface area contributed by atoms with E-state index in [1.807, 2.05) is 41.8 Å². The molecule has 0 spiro atoms. The van der Waals surface area contributed by atoms with Crippen LogP contribution in [-0.4, -0.2) is 41.1 Å². The number of rotatable bonds is 7. The average molecular weight is 386 g/mol. The smallest absolute Gasteiger partial charge is 0.242 e. The summed E-state index contributed by atoms with van der Waals surface area (Å²) in [4.78, 5) is 15.4. The predicted molar refractivity (Wildman–Crippen MR) is 109 cm³/mol. The molecule has 1 aliphatic rings. The predicted octanol–water partition coefficient (Wildman–Crippen LogP) is 3.82. The van der Waals surface area contributed by atoms with Gasteiger partial charge in [0.25, 0.3) is 0 Å². The molecule has 1 atom stereocenters. The highest BCUT2D eigenvalue weighted by Gasteiger charge is 2.37. The third-order valence-electron chi connectivity index (χ3n) is 3.78. The first kappa shape index (κ1) is 18.4. The van der Waals surface area contributed by atoms with Gasteiger partial charge in [0.1, 0.15) is 5.75 Å². The van der Waals surface area contributed by atoms with E-state index in [0.29, 0.717) is 18.1 Å². The molecule has 2 aromatic rings. The summed E-state index contributed by atoms with van der Waals surface area (Å²) in [5.74, 6) is 0.841. The lowest BCUT2D eigenvalue weighted by molar-refractivity contribution is -0.125. The van der Waals surface area contributed by atoms with E-state index in [9.17, 15) is 4.79 Å². The quantitative estimate of drug-likeness (QED) is 0.414. The van der Waals surface area contributed by atoms with Gasteiger partial charge in [-0.25, -0.2) is 0 Å². The molecule has 1 aromatic heterocycles. The fraction of sp³-hybridized carbons (Fsp3) is 0.211.